The number of halogens is 1. The topological polar surface area (TPSA) is 87.9 Å². The fourth-order valence-corrected chi connectivity index (χ4v) is 2.15. The predicted molar refractivity (Wildman–Crippen MR) is 73.8 cm³/mol. The Balaban J connectivity index is 1.96. The lowest BCUT2D eigenvalue weighted by Gasteiger charge is -2.34. The second kappa shape index (κ2) is 6.84. The number of nitro benzene ring substituents is 1. The van der Waals surface area contributed by atoms with Crippen molar-refractivity contribution in [2.45, 2.75) is 18.6 Å². The number of carbonyl (C=O) groups is 1. The second-order valence-corrected chi connectivity index (χ2v) is 4.89. The van der Waals surface area contributed by atoms with Gasteiger partial charge in [0, 0.05) is 25.7 Å². The second-order valence-electron chi connectivity index (χ2n) is 4.48. The van der Waals surface area contributed by atoms with Gasteiger partial charge in [-0.3, -0.25) is 14.9 Å². The van der Waals surface area contributed by atoms with Crippen LogP contribution in [0, 0.1) is 10.1 Å². The summed E-state index contributed by atoms with van der Waals surface area (Å²) in [7, 11) is 1.54. The summed E-state index contributed by atoms with van der Waals surface area (Å²) in [4.78, 5) is 21.6. The number of ketones is 1. The fourth-order valence-electron chi connectivity index (χ4n) is 1.91. The zero-order valence-corrected chi connectivity index (χ0v) is 12.0. The first-order valence-corrected chi connectivity index (χ1v) is 6.64. The first-order valence-electron chi connectivity index (χ1n) is 6.26. The summed E-state index contributed by atoms with van der Waals surface area (Å²) in [6.07, 6.45) is -0.798. The van der Waals surface area contributed by atoms with Crippen molar-refractivity contribution >= 4 is 23.1 Å². The normalized spacial score (nSPS) is 21.0. The number of ether oxygens (including phenoxy) is 3. The number of methoxy groups -OCH3 is 1. The molecule has 0 bridgehead atoms. The van der Waals surface area contributed by atoms with Crippen LogP contribution in [0.15, 0.2) is 18.2 Å². The summed E-state index contributed by atoms with van der Waals surface area (Å²) in [5, 5.41) is 10.7. The van der Waals surface area contributed by atoms with Gasteiger partial charge >= 0.3 is 0 Å². The minimum Gasteiger partial charge on any atom is -0.487 e. The predicted octanol–water partition coefficient (Wildman–Crippen LogP) is 2.00. The Morgan fingerprint density at radius 1 is 1.43 bits per heavy atom. The van der Waals surface area contributed by atoms with Crippen molar-refractivity contribution in [2.24, 2.45) is 0 Å². The molecule has 0 N–H and O–H groups in total. The number of nitro groups is 1. The average Bonchev–Trinajstić information content (AvgIpc) is 2.42. The lowest BCUT2D eigenvalue weighted by Crippen LogP contribution is -2.52. The molecule has 0 aromatic heterocycles. The quantitative estimate of drug-likeness (QED) is 0.434. The maximum Gasteiger partial charge on any atom is 0.288 e. The molecule has 7 nitrogen and oxygen atoms in total. The van der Waals surface area contributed by atoms with Gasteiger partial charge in [-0.2, -0.15) is 0 Å². The minimum absolute atomic E-state index is 0.0139. The molecular formula is C13H14ClNO6. The summed E-state index contributed by atoms with van der Waals surface area (Å²) in [6, 6.07) is 4.06. The molecular weight excluding hydrogens is 302 g/mol. The van der Waals surface area contributed by atoms with Crippen LogP contribution in [0.25, 0.3) is 0 Å². The molecule has 2 rings (SSSR count). The van der Waals surface area contributed by atoms with Gasteiger partial charge < -0.3 is 14.2 Å². The summed E-state index contributed by atoms with van der Waals surface area (Å²) >= 11 is 5.80. The molecule has 1 aromatic carbocycles. The van der Waals surface area contributed by atoms with E-state index in [9.17, 15) is 14.9 Å². The van der Waals surface area contributed by atoms with Crippen molar-refractivity contribution in [1.29, 1.82) is 0 Å². The van der Waals surface area contributed by atoms with Crippen LogP contribution in [-0.2, 0) is 14.3 Å². The maximum absolute atomic E-state index is 11.5. The molecule has 2 atom stereocenters. The number of hydrogen-bond acceptors (Lipinski definition) is 6. The van der Waals surface area contributed by atoms with E-state index in [1.165, 1.54) is 18.2 Å². The number of nitrogens with zero attached hydrogens (tertiary/aromatic N) is 1. The van der Waals surface area contributed by atoms with Crippen LogP contribution in [0.5, 0.6) is 5.75 Å². The van der Waals surface area contributed by atoms with Gasteiger partial charge in [-0.1, -0.05) is 11.6 Å². The molecule has 8 heteroatoms. The molecule has 114 valence electrons. The Morgan fingerprint density at radius 2 is 2.19 bits per heavy atom. The monoisotopic (exact) mass is 315 g/mol. The molecule has 0 spiro atoms. The van der Waals surface area contributed by atoms with Crippen LogP contribution in [-0.4, -0.2) is 43.2 Å². The third kappa shape index (κ3) is 3.69. The van der Waals surface area contributed by atoms with Crippen molar-refractivity contribution in [2.75, 3.05) is 20.3 Å². The standard InChI is InChI=1S/C13H14ClNO6/c1-19-4-5-20-13-11(16)7-12(13)21-8-2-3-10(15(17)18)9(14)6-8/h2-3,6,12-13H,4-5,7H2,1H3. The van der Waals surface area contributed by atoms with E-state index in [0.717, 1.165) is 0 Å². The zero-order valence-electron chi connectivity index (χ0n) is 11.3. The molecule has 0 aliphatic heterocycles. The van der Waals surface area contributed by atoms with E-state index in [0.29, 0.717) is 19.0 Å². The van der Waals surface area contributed by atoms with Gasteiger partial charge in [0.15, 0.2) is 11.9 Å². The van der Waals surface area contributed by atoms with E-state index < -0.39 is 17.1 Å². The highest BCUT2D eigenvalue weighted by Gasteiger charge is 2.42. The Labute approximate surface area is 125 Å². The van der Waals surface area contributed by atoms with Crippen molar-refractivity contribution in [3.63, 3.8) is 0 Å². The Bertz CT molecular complexity index is 549. The molecule has 0 heterocycles. The number of rotatable bonds is 7. The molecule has 1 aliphatic carbocycles. The van der Waals surface area contributed by atoms with E-state index >= 15 is 0 Å². The zero-order chi connectivity index (χ0) is 15.4. The highest BCUT2D eigenvalue weighted by Crippen LogP contribution is 2.31. The fraction of sp³-hybridized carbons (Fsp3) is 0.462. The molecule has 0 amide bonds. The van der Waals surface area contributed by atoms with E-state index in [1.54, 1.807) is 7.11 Å². The van der Waals surface area contributed by atoms with E-state index in [-0.39, 0.29) is 22.9 Å². The van der Waals surface area contributed by atoms with Crippen LogP contribution in [0.2, 0.25) is 5.02 Å². The molecule has 1 aromatic rings. The molecule has 0 radical (unpaired) electrons. The Morgan fingerprint density at radius 3 is 2.76 bits per heavy atom. The van der Waals surface area contributed by atoms with Gasteiger partial charge in [0.2, 0.25) is 0 Å². The van der Waals surface area contributed by atoms with Gasteiger partial charge in [0.25, 0.3) is 5.69 Å². The van der Waals surface area contributed by atoms with Gasteiger partial charge in [-0.15, -0.1) is 0 Å². The smallest absolute Gasteiger partial charge is 0.288 e. The molecule has 1 fully saturated rings. The Hall–Kier alpha value is -1.70. The van der Waals surface area contributed by atoms with Gasteiger partial charge in [-0.25, -0.2) is 0 Å². The lowest BCUT2D eigenvalue weighted by molar-refractivity contribution is -0.384. The number of carbonyl (C=O) groups excluding carboxylic acids is 1. The van der Waals surface area contributed by atoms with Crippen molar-refractivity contribution in [3.05, 3.63) is 33.3 Å². The average molecular weight is 316 g/mol. The van der Waals surface area contributed by atoms with Gasteiger partial charge in [-0.05, 0) is 6.07 Å². The molecule has 0 saturated heterocycles. The van der Waals surface area contributed by atoms with Crippen LogP contribution in [0.3, 0.4) is 0 Å². The van der Waals surface area contributed by atoms with Crippen molar-refractivity contribution < 1.29 is 23.9 Å². The first kappa shape index (κ1) is 15.7. The number of hydrogen-bond donors (Lipinski definition) is 0. The van der Waals surface area contributed by atoms with E-state index in [2.05, 4.69) is 0 Å². The van der Waals surface area contributed by atoms with E-state index in [1.807, 2.05) is 0 Å². The van der Waals surface area contributed by atoms with Crippen LogP contribution in [0.1, 0.15) is 6.42 Å². The lowest BCUT2D eigenvalue weighted by atomic mass is 9.90. The summed E-state index contributed by atoms with van der Waals surface area (Å²) in [5.74, 6) is 0.326. The van der Waals surface area contributed by atoms with Crippen molar-refractivity contribution in [3.8, 4) is 5.75 Å². The number of Topliss-reactive ketones (excluding diaryl/α,β-unsaturated/α-hetero) is 1. The Kier molecular flexibility index (Phi) is 5.11. The van der Waals surface area contributed by atoms with E-state index in [4.69, 9.17) is 25.8 Å². The van der Waals surface area contributed by atoms with Crippen molar-refractivity contribution in [1.82, 2.24) is 0 Å². The van der Waals surface area contributed by atoms with Crippen LogP contribution >= 0.6 is 11.6 Å². The summed E-state index contributed by atoms with van der Waals surface area (Å²) in [6.45, 7) is 0.688. The molecule has 21 heavy (non-hydrogen) atoms. The molecule has 2 unspecified atom stereocenters. The summed E-state index contributed by atoms with van der Waals surface area (Å²) < 4.78 is 15.8. The molecule has 1 saturated carbocycles. The van der Waals surface area contributed by atoms with Crippen LogP contribution in [0.4, 0.5) is 5.69 Å². The van der Waals surface area contributed by atoms with Gasteiger partial charge in [0.05, 0.1) is 18.1 Å². The maximum atomic E-state index is 11.5. The molecule has 1 aliphatic rings. The third-order valence-corrected chi connectivity index (χ3v) is 3.35. The third-order valence-electron chi connectivity index (χ3n) is 3.05. The number of benzene rings is 1. The largest absolute Gasteiger partial charge is 0.487 e. The first-order chi connectivity index (χ1) is 10.0. The van der Waals surface area contributed by atoms with Gasteiger partial charge in [0.1, 0.15) is 16.9 Å². The SMILES string of the molecule is COCCOC1C(=O)CC1Oc1ccc([N+](=O)[O-])c(Cl)c1. The van der Waals surface area contributed by atoms with Crippen LogP contribution < -0.4 is 4.74 Å². The highest BCUT2D eigenvalue weighted by molar-refractivity contribution is 6.32. The minimum atomic E-state index is -0.630. The summed E-state index contributed by atoms with van der Waals surface area (Å²) in [5.41, 5.74) is -0.193. The highest BCUT2D eigenvalue weighted by atomic mass is 35.5.